The highest BCUT2D eigenvalue weighted by Gasteiger charge is 2.33. The first-order valence-corrected chi connectivity index (χ1v) is 7.69. The molecule has 17 heavy (non-hydrogen) atoms. The lowest BCUT2D eigenvalue weighted by Crippen LogP contribution is -2.34. The summed E-state index contributed by atoms with van der Waals surface area (Å²) >= 11 is 2.09. The molecular formula is C14H20N2S. The van der Waals surface area contributed by atoms with E-state index in [1.54, 1.807) is 0 Å². The lowest BCUT2D eigenvalue weighted by molar-refractivity contribution is 0.596. The van der Waals surface area contributed by atoms with E-state index in [2.05, 4.69) is 40.9 Å². The third-order valence-corrected chi connectivity index (χ3v) is 5.11. The van der Waals surface area contributed by atoms with Crippen LogP contribution in [-0.4, -0.2) is 30.6 Å². The molecule has 2 heterocycles. The summed E-state index contributed by atoms with van der Waals surface area (Å²) in [5.41, 5.74) is 8.74. The molecule has 0 saturated carbocycles. The summed E-state index contributed by atoms with van der Waals surface area (Å²) in [6, 6.07) is 9.66. The highest BCUT2D eigenvalue weighted by atomic mass is 32.2. The van der Waals surface area contributed by atoms with Crippen molar-refractivity contribution in [3.63, 3.8) is 0 Å². The first-order valence-electron chi connectivity index (χ1n) is 6.53. The van der Waals surface area contributed by atoms with Crippen LogP contribution in [0.3, 0.4) is 0 Å². The van der Waals surface area contributed by atoms with Crippen LogP contribution < -0.4 is 10.6 Å². The van der Waals surface area contributed by atoms with Crippen molar-refractivity contribution in [1.29, 1.82) is 0 Å². The summed E-state index contributed by atoms with van der Waals surface area (Å²) in [5.74, 6) is 3.27. The number of nitrogens with two attached hydrogens (primary N) is 1. The van der Waals surface area contributed by atoms with Crippen LogP contribution in [-0.2, 0) is 0 Å². The standard InChI is InChI=1S/C14H20N2S/c15-7-5-11-9-16(12-6-8-17-10-12)14-4-2-1-3-13(11)14/h1-4,11-12H,5-10,15H2. The number of rotatable bonds is 3. The van der Waals surface area contributed by atoms with E-state index < -0.39 is 0 Å². The SMILES string of the molecule is NCCC1CN(C2CCSC2)c2ccccc21. The number of hydrogen-bond donors (Lipinski definition) is 1. The highest BCUT2D eigenvalue weighted by Crippen LogP contribution is 2.41. The van der Waals surface area contributed by atoms with Crippen molar-refractivity contribution < 1.29 is 0 Å². The predicted molar refractivity (Wildman–Crippen MR) is 75.9 cm³/mol. The minimum atomic E-state index is 0.654. The van der Waals surface area contributed by atoms with Crippen molar-refractivity contribution in [3.05, 3.63) is 29.8 Å². The van der Waals surface area contributed by atoms with Crippen LogP contribution in [0.1, 0.15) is 24.3 Å². The third-order valence-electron chi connectivity index (χ3n) is 3.96. The largest absolute Gasteiger partial charge is 0.367 e. The molecule has 0 spiro atoms. The molecule has 2 aliphatic heterocycles. The summed E-state index contributed by atoms with van der Waals surface area (Å²) in [5, 5.41) is 0. The van der Waals surface area contributed by atoms with Gasteiger partial charge in [0.25, 0.3) is 0 Å². The molecule has 2 unspecified atom stereocenters. The van der Waals surface area contributed by atoms with Gasteiger partial charge in [-0.05, 0) is 36.8 Å². The van der Waals surface area contributed by atoms with Gasteiger partial charge in [0, 0.05) is 29.9 Å². The topological polar surface area (TPSA) is 29.3 Å². The van der Waals surface area contributed by atoms with E-state index in [1.165, 1.54) is 35.7 Å². The average molecular weight is 248 g/mol. The molecule has 3 heteroatoms. The van der Waals surface area contributed by atoms with Crippen molar-refractivity contribution in [2.24, 2.45) is 5.73 Å². The van der Waals surface area contributed by atoms with Gasteiger partial charge in [-0.15, -0.1) is 0 Å². The van der Waals surface area contributed by atoms with Crippen LogP contribution in [0.25, 0.3) is 0 Å². The lowest BCUT2D eigenvalue weighted by Gasteiger charge is -2.26. The molecule has 2 atom stereocenters. The van der Waals surface area contributed by atoms with Gasteiger partial charge in [-0.2, -0.15) is 11.8 Å². The highest BCUT2D eigenvalue weighted by molar-refractivity contribution is 7.99. The molecule has 2 aliphatic rings. The van der Waals surface area contributed by atoms with Crippen molar-refractivity contribution in [1.82, 2.24) is 0 Å². The van der Waals surface area contributed by atoms with Gasteiger partial charge in [0.15, 0.2) is 0 Å². The summed E-state index contributed by atoms with van der Waals surface area (Å²) in [6.45, 7) is 1.98. The molecule has 0 aromatic heterocycles. The van der Waals surface area contributed by atoms with E-state index in [4.69, 9.17) is 5.73 Å². The second-order valence-corrected chi connectivity index (χ2v) is 6.15. The zero-order valence-electron chi connectivity index (χ0n) is 10.1. The van der Waals surface area contributed by atoms with Crippen LogP contribution in [0, 0.1) is 0 Å². The number of anilines is 1. The Morgan fingerprint density at radius 1 is 1.35 bits per heavy atom. The van der Waals surface area contributed by atoms with Gasteiger partial charge in [-0.25, -0.2) is 0 Å². The molecule has 1 fully saturated rings. The molecule has 0 bridgehead atoms. The number of hydrogen-bond acceptors (Lipinski definition) is 3. The Hall–Kier alpha value is -0.670. The first kappa shape index (κ1) is 11.4. The Balaban J connectivity index is 1.87. The fourth-order valence-corrected chi connectivity index (χ4v) is 4.31. The van der Waals surface area contributed by atoms with E-state index in [1.807, 2.05) is 0 Å². The monoisotopic (exact) mass is 248 g/mol. The number of thioether (sulfide) groups is 1. The van der Waals surface area contributed by atoms with Gasteiger partial charge in [0.05, 0.1) is 0 Å². The molecule has 1 saturated heterocycles. The van der Waals surface area contributed by atoms with Gasteiger partial charge in [-0.3, -0.25) is 0 Å². The maximum absolute atomic E-state index is 5.74. The van der Waals surface area contributed by atoms with Gasteiger partial charge >= 0.3 is 0 Å². The molecule has 3 rings (SSSR count). The lowest BCUT2D eigenvalue weighted by atomic mass is 9.98. The van der Waals surface area contributed by atoms with Crippen LogP contribution >= 0.6 is 11.8 Å². The number of nitrogens with zero attached hydrogens (tertiary/aromatic N) is 1. The fraction of sp³-hybridized carbons (Fsp3) is 0.571. The third kappa shape index (κ3) is 2.06. The van der Waals surface area contributed by atoms with E-state index in [-0.39, 0.29) is 0 Å². The van der Waals surface area contributed by atoms with E-state index >= 15 is 0 Å². The Morgan fingerprint density at radius 2 is 2.24 bits per heavy atom. The normalized spacial score (nSPS) is 27.5. The minimum absolute atomic E-state index is 0.654. The number of para-hydroxylation sites is 1. The van der Waals surface area contributed by atoms with Gasteiger partial charge in [0.2, 0.25) is 0 Å². The van der Waals surface area contributed by atoms with Crippen LogP contribution in [0.4, 0.5) is 5.69 Å². The molecule has 92 valence electrons. The van der Waals surface area contributed by atoms with Crippen molar-refractivity contribution in [2.75, 3.05) is 29.5 Å². The number of fused-ring (bicyclic) bond motifs is 1. The molecule has 0 amide bonds. The van der Waals surface area contributed by atoms with Crippen molar-refractivity contribution in [2.45, 2.75) is 24.8 Å². The van der Waals surface area contributed by atoms with E-state index in [0.717, 1.165) is 19.0 Å². The summed E-state index contributed by atoms with van der Waals surface area (Å²) in [4.78, 5) is 2.63. The smallest absolute Gasteiger partial charge is 0.0405 e. The van der Waals surface area contributed by atoms with Crippen LogP contribution in [0.5, 0.6) is 0 Å². The van der Waals surface area contributed by atoms with Crippen molar-refractivity contribution in [3.8, 4) is 0 Å². The quantitative estimate of drug-likeness (QED) is 0.891. The van der Waals surface area contributed by atoms with Crippen molar-refractivity contribution >= 4 is 17.4 Å². The fourth-order valence-electron chi connectivity index (χ4n) is 3.09. The second-order valence-electron chi connectivity index (χ2n) is 5.00. The molecule has 0 radical (unpaired) electrons. The summed E-state index contributed by atoms with van der Waals surface area (Å²) < 4.78 is 0. The molecule has 2 nitrogen and oxygen atoms in total. The minimum Gasteiger partial charge on any atom is -0.367 e. The molecule has 2 N–H and O–H groups in total. The maximum atomic E-state index is 5.74. The molecular weight excluding hydrogens is 228 g/mol. The zero-order valence-corrected chi connectivity index (χ0v) is 11.0. The summed E-state index contributed by atoms with van der Waals surface area (Å²) in [6.07, 6.45) is 2.46. The van der Waals surface area contributed by atoms with Crippen LogP contribution in [0.15, 0.2) is 24.3 Å². The molecule has 0 aliphatic carbocycles. The van der Waals surface area contributed by atoms with Gasteiger partial charge < -0.3 is 10.6 Å². The van der Waals surface area contributed by atoms with Gasteiger partial charge in [-0.1, -0.05) is 18.2 Å². The predicted octanol–water partition coefficient (Wildman–Crippen LogP) is 2.44. The molecule has 1 aromatic carbocycles. The zero-order chi connectivity index (χ0) is 11.7. The van der Waals surface area contributed by atoms with E-state index in [9.17, 15) is 0 Å². The Kier molecular flexibility index (Phi) is 3.30. The maximum Gasteiger partial charge on any atom is 0.0405 e. The molecule has 1 aromatic rings. The van der Waals surface area contributed by atoms with Gasteiger partial charge in [0.1, 0.15) is 0 Å². The average Bonchev–Trinajstić information content (AvgIpc) is 2.97. The number of benzene rings is 1. The Morgan fingerprint density at radius 3 is 3.00 bits per heavy atom. The Labute approximate surface area is 108 Å². The van der Waals surface area contributed by atoms with Crippen LogP contribution in [0.2, 0.25) is 0 Å². The van der Waals surface area contributed by atoms with E-state index in [0.29, 0.717) is 5.92 Å². The Bertz CT molecular complexity index is 388. The second kappa shape index (κ2) is 4.91. The first-order chi connectivity index (χ1) is 8.40. The summed E-state index contributed by atoms with van der Waals surface area (Å²) in [7, 11) is 0.